The lowest BCUT2D eigenvalue weighted by Crippen LogP contribution is -2.21. The van der Waals surface area contributed by atoms with E-state index >= 15 is 0 Å². The van der Waals surface area contributed by atoms with Gasteiger partial charge in [0.25, 0.3) is 0 Å². The molecule has 2 aliphatic rings. The standard InChI is InChI=1S/C13H17N3O.C6H10N2OS2/c1-7-11(8-5-6-8)15-10-4-2-3-9(10)12(7)16-13(14)17;1-6(2,9)4-3-10-5(8-4)11-7/h8H,2-6H2,1H3,(H3,14,15,16,17);3,9H,7H2,1-2H3. The van der Waals surface area contributed by atoms with Crippen LogP contribution >= 0.6 is 23.3 Å². The third-order valence-corrected chi connectivity index (χ3v) is 6.43. The van der Waals surface area contributed by atoms with Crippen LogP contribution in [-0.2, 0) is 18.4 Å². The fourth-order valence-electron chi connectivity index (χ4n) is 3.34. The van der Waals surface area contributed by atoms with Gasteiger partial charge < -0.3 is 16.2 Å². The summed E-state index contributed by atoms with van der Waals surface area (Å²) in [5.74, 6) is 0.606. The van der Waals surface area contributed by atoms with Crippen LogP contribution in [0.15, 0.2) is 9.72 Å². The highest BCUT2D eigenvalue weighted by atomic mass is 32.2. The predicted octanol–water partition coefficient (Wildman–Crippen LogP) is 3.58. The smallest absolute Gasteiger partial charge is 0.316 e. The molecule has 2 heterocycles. The van der Waals surface area contributed by atoms with Crippen molar-refractivity contribution >= 4 is 35.0 Å². The van der Waals surface area contributed by atoms with Gasteiger partial charge in [-0.2, -0.15) is 0 Å². The maximum absolute atomic E-state index is 11.1. The molecule has 0 bridgehead atoms. The average molecular weight is 422 g/mol. The van der Waals surface area contributed by atoms with Crippen LogP contribution in [0.5, 0.6) is 0 Å². The summed E-state index contributed by atoms with van der Waals surface area (Å²) in [6.45, 7) is 5.45. The highest BCUT2D eigenvalue weighted by molar-refractivity contribution is 7.98. The van der Waals surface area contributed by atoms with Crippen LogP contribution in [0.25, 0.3) is 0 Å². The van der Waals surface area contributed by atoms with Crippen molar-refractivity contribution in [3.05, 3.63) is 33.6 Å². The molecule has 6 N–H and O–H groups in total. The maximum Gasteiger partial charge on any atom is 0.316 e. The number of fused-ring (bicyclic) bond motifs is 1. The van der Waals surface area contributed by atoms with Crippen LogP contribution in [0.2, 0.25) is 0 Å². The first-order chi connectivity index (χ1) is 13.2. The summed E-state index contributed by atoms with van der Waals surface area (Å²) in [7, 11) is 0. The number of rotatable bonds is 4. The van der Waals surface area contributed by atoms with Gasteiger partial charge in [-0.3, -0.25) is 10.1 Å². The zero-order valence-electron chi connectivity index (χ0n) is 16.4. The van der Waals surface area contributed by atoms with E-state index in [-0.39, 0.29) is 0 Å². The summed E-state index contributed by atoms with van der Waals surface area (Å²) in [5.41, 5.74) is 10.7. The Hall–Kier alpha value is -1.68. The van der Waals surface area contributed by atoms with Crippen LogP contribution in [-0.4, -0.2) is 21.1 Å². The van der Waals surface area contributed by atoms with E-state index in [0.717, 1.165) is 46.8 Å². The molecule has 0 unspecified atom stereocenters. The third-order valence-electron chi connectivity index (χ3n) is 4.93. The number of thiazole rings is 1. The lowest BCUT2D eigenvalue weighted by Gasteiger charge is -2.15. The maximum atomic E-state index is 11.1. The van der Waals surface area contributed by atoms with Crippen molar-refractivity contribution in [1.82, 2.24) is 9.97 Å². The van der Waals surface area contributed by atoms with E-state index in [2.05, 4.69) is 10.3 Å². The van der Waals surface area contributed by atoms with Gasteiger partial charge in [-0.1, -0.05) is 0 Å². The van der Waals surface area contributed by atoms with E-state index in [1.807, 2.05) is 12.3 Å². The topological polar surface area (TPSA) is 127 Å². The van der Waals surface area contributed by atoms with E-state index < -0.39 is 11.6 Å². The Labute approximate surface area is 173 Å². The second-order valence-electron chi connectivity index (χ2n) is 7.71. The van der Waals surface area contributed by atoms with E-state index in [4.69, 9.17) is 15.9 Å². The van der Waals surface area contributed by atoms with Gasteiger partial charge >= 0.3 is 6.03 Å². The Morgan fingerprint density at radius 1 is 1.36 bits per heavy atom. The summed E-state index contributed by atoms with van der Waals surface area (Å²) in [5, 5.41) is 19.4. The Kier molecular flexibility index (Phi) is 6.28. The number of pyridine rings is 1. The first-order valence-corrected chi connectivity index (χ1v) is 11.1. The number of anilines is 1. The average Bonchev–Trinajstić information content (AvgIpc) is 3.15. The molecular weight excluding hydrogens is 394 g/mol. The van der Waals surface area contributed by atoms with Crippen molar-refractivity contribution in [3.63, 3.8) is 0 Å². The number of aliphatic hydroxyl groups is 1. The second-order valence-corrected chi connectivity index (χ2v) is 9.45. The van der Waals surface area contributed by atoms with Gasteiger partial charge in [0.2, 0.25) is 0 Å². The number of hydrogen-bond acceptors (Lipinski definition) is 7. The van der Waals surface area contributed by atoms with Gasteiger partial charge in [-0.25, -0.2) is 9.78 Å². The van der Waals surface area contributed by atoms with Crippen LogP contribution in [0.3, 0.4) is 0 Å². The minimum absolute atomic E-state index is 0.477. The number of urea groups is 1. The normalized spacial score (nSPS) is 15.6. The molecule has 28 heavy (non-hydrogen) atoms. The van der Waals surface area contributed by atoms with Crippen molar-refractivity contribution in [2.75, 3.05) is 5.32 Å². The zero-order valence-corrected chi connectivity index (χ0v) is 18.0. The Morgan fingerprint density at radius 3 is 2.57 bits per heavy atom. The minimum atomic E-state index is -0.857. The molecule has 4 rings (SSSR count). The molecule has 0 aliphatic heterocycles. The van der Waals surface area contributed by atoms with Gasteiger partial charge in [0.15, 0.2) is 4.34 Å². The summed E-state index contributed by atoms with van der Waals surface area (Å²) in [6.07, 6.45) is 5.61. The molecule has 7 nitrogen and oxygen atoms in total. The number of aromatic nitrogens is 2. The van der Waals surface area contributed by atoms with Gasteiger partial charge in [-0.05, 0) is 76.0 Å². The molecule has 1 saturated carbocycles. The SMILES string of the molecule is CC(C)(O)c1csc(SN)n1.Cc1c(C2CC2)nc2c(c1NC(N)=O)CCC2. The number of amides is 2. The highest BCUT2D eigenvalue weighted by Gasteiger charge is 2.31. The summed E-state index contributed by atoms with van der Waals surface area (Å²) in [4.78, 5) is 20.0. The fraction of sp³-hybridized carbons (Fsp3) is 0.526. The molecule has 2 aromatic heterocycles. The number of nitrogens with two attached hydrogens (primary N) is 2. The molecule has 0 radical (unpaired) electrons. The van der Waals surface area contributed by atoms with Crippen molar-refractivity contribution in [1.29, 1.82) is 0 Å². The van der Waals surface area contributed by atoms with Crippen LogP contribution < -0.4 is 16.2 Å². The fourth-order valence-corrected chi connectivity index (χ4v) is 4.57. The minimum Gasteiger partial charge on any atom is -0.384 e. The number of nitrogens with zero attached hydrogens (tertiary/aromatic N) is 2. The molecule has 1 fully saturated rings. The number of hydrogen-bond donors (Lipinski definition) is 4. The van der Waals surface area contributed by atoms with Gasteiger partial charge in [0.1, 0.15) is 5.60 Å². The van der Waals surface area contributed by atoms with E-state index in [1.165, 1.54) is 41.1 Å². The second kappa shape index (κ2) is 8.36. The molecule has 0 aromatic carbocycles. The monoisotopic (exact) mass is 421 g/mol. The molecule has 2 amide bonds. The number of carbonyl (C=O) groups is 1. The quantitative estimate of drug-likeness (QED) is 0.559. The first-order valence-electron chi connectivity index (χ1n) is 9.34. The molecule has 0 atom stereocenters. The zero-order chi connectivity index (χ0) is 20.5. The van der Waals surface area contributed by atoms with Crippen molar-refractivity contribution < 1.29 is 9.90 Å². The van der Waals surface area contributed by atoms with Crippen LogP contribution in [0.1, 0.15) is 67.2 Å². The van der Waals surface area contributed by atoms with E-state index in [1.54, 1.807) is 13.8 Å². The summed E-state index contributed by atoms with van der Waals surface area (Å²) in [6, 6.07) is -0.477. The molecule has 9 heteroatoms. The van der Waals surface area contributed by atoms with Gasteiger partial charge in [-0.15, -0.1) is 11.3 Å². The van der Waals surface area contributed by atoms with Crippen molar-refractivity contribution in [2.24, 2.45) is 10.9 Å². The largest absolute Gasteiger partial charge is 0.384 e. The number of nitrogens with one attached hydrogen (secondary N) is 1. The summed E-state index contributed by atoms with van der Waals surface area (Å²) >= 11 is 2.55. The predicted molar refractivity (Wildman–Crippen MR) is 114 cm³/mol. The lowest BCUT2D eigenvalue weighted by molar-refractivity contribution is 0.0741. The van der Waals surface area contributed by atoms with E-state index in [9.17, 15) is 9.90 Å². The molecule has 2 aromatic rings. The number of carbonyl (C=O) groups excluding carboxylic acids is 1. The van der Waals surface area contributed by atoms with Crippen molar-refractivity contribution in [3.8, 4) is 0 Å². The molecule has 0 saturated heterocycles. The molecule has 152 valence electrons. The van der Waals surface area contributed by atoms with Crippen molar-refractivity contribution in [2.45, 2.75) is 68.7 Å². The Bertz CT molecular complexity index is 872. The molecular formula is C19H27N5O2S2. The van der Waals surface area contributed by atoms with Gasteiger partial charge in [0.05, 0.1) is 11.4 Å². The van der Waals surface area contributed by atoms with E-state index in [0.29, 0.717) is 11.6 Å². The highest BCUT2D eigenvalue weighted by Crippen LogP contribution is 2.44. The number of primary amides is 1. The van der Waals surface area contributed by atoms with Gasteiger partial charge in [0, 0.05) is 22.7 Å². The first kappa shape index (κ1) is 21.0. The molecule has 0 spiro atoms. The number of aryl methyl sites for hydroxylation is 1. The Morgan fingerprint density at radius 2 is 2.07 bits per heavy atom. The lowest BCUT2D eigenvalue weighted by atomic mass is 10.0. The third kappa shape index (κ3) is 4.83. The van der Waals surface area contributed by atoms with Crippen LogP contribution in [0.4, 0.5) is 10.5 Å². The Balaban J connectivity index is 0.000000178. The van der Waals surface area contributed by atoms with Crippen LogP contribution in [0, 0.1) is 6.92 Å². The summed E-state index contributed by atoms with van der Waals surface area (Å²) < 4.78 is 0.780. The molecule has 2 aliphatic carbocycles.